The van der Waals surface area contributed by atoms with Crippen LogP contribution in [-0.4, -0.2) is 62.8 Å². The molecule has 0 amide bonds. The first-order valence-corrected chi connectivity index (χ1v) is 20.4. The maximum absolute atomic E-state index is 11.0. The van der Waals surface area contributed by atoms with E-state index in [9.17, 15) is 10.2 Å². The number of fused-ring (bicyclic) bond motifs is 2. The predicted octanol–water partition coefficient (Wildman–Crippen LogP) is 11.7. The van der Waals surface area contributed by atoms with Crippen molar-refractivity contribution in [2.45, 2.75) is 129 Å². The van der Waals surface area contributed by atoms with E-state index in [0.29, 0.717) is 11.1 Å². The summed E-state index contributed by atoms with van der Waals surface area (Å²) in [5.74, 6) is 0.295. The number of ether oxygens (including phenoxy) is 2. The Hall–Kier alpha value is -2.96. The molecule has 0 aromatic heterocycles. The van der Waals surface area contributed by atoms with Crippen LogP contribution in [0.5, 0.6) is 0 Å². The van der Waals surface area contributed by atoms with Crippen LogP contribution >= 0.6 is 0 Å². The summed E-state index contributed by atoms with van der Waals surface area (Å²) in [5.41, 5.74) is 4.90. The average molecular weight is 689 g/mol. The lowest BCUT2D eigenvalue weighted by Crippen LogP contribution is -2.27. The summed E-state index contributed by atoms with van der Waals surface area (Å²) in [6, 6.07) is 16.2. The number of aliphatic hydroxyl groups excluding tert-OH is 2. The second kappa shape index (κ2) is 23.5. The summed E-state index contributed by atoms with van der Waals surface area (Å²) in [6.45, 7) is 10.9. The number of aliphatic hydroxyl groups is 2. The van der Waals surface area contributed by atoms with Gasteiger partial charge in [-0.05, 0) is 62.1 Å². The van der Waals surface area contributed by atoms with Crippen LogP contribution in [0.25, 0.3) is 11.1 Å². The molecule has 0 unspecified atom stereocenters. The molecule has 6 bridgehead atoms. The fraction of sp³-hybridized carbons (Fsp3) is 0.636. The number of anilines is 2. The van der Waals surface area contributed by atoms with Crippen LogP contribution in [0, 0.1) is 0 Å². The third-order valence-corrected chi connectivity index (χ3v) is 10.6. The Labute approximate surface area is 304 Å². The topological polar surface area (TPSA) is 65.4 Å². The number of hydrogen-bond acceptors (Lipinski definition) is 6. The van der Waals surface area contributed by atoms with E-state index in [1.807, 2.05) is 24.3 Å². The average Bonchev–Trinajstić information content (AvgIpc) is 3.13. The molecular weight excluding hydrogens is 620 g/mol. The van der Waals surface area contributed by atoms with Crippen LogP contribution < -0.4 is 9.80 Å². The molecule has 0 radical (unpaired) electrons. The predicted molar refractivity (Wildman–Crippen MR) is 212 cm³/mol. The zero-order valence-corrected chi connectivity index (χ0v) is 31.6. The van der Waals surface area contributed by atoms with Crippen molar-refractivity contribution < 1.29 is 19.7 Å². The summed E-state index contributed by atoms with van der Waals surface area (Å²) in [6.07, 6.45) is 24.3. The minimum absolute atomic E-state index is 0.147. The second-order valence-corrected chi connectivity index (χ2v) is 14.3. The van der Waals surface area contributed by atoms with E-state index in [0.717, 1.165) is 87.9 Å². The van der Waals surface area contributed by atoms with Crippen LogP contribution in [0.15, 0.2) is 60.0 Å². The zero-order chi connectivity index (χ0) is 35.2. The molecule has 1 aliphatic carbocycles. The van der Waals surface area contributed by atoms with Gasteiger partial charge in [0.05, 0.1) is 24.4 Å². The molecule has 0 saturated carbocycles. The molecule has 0 atom stereocenters. The van der Waals surface area contributed by atoms with E-state index < -0.39 is 0 Å². The van der Waals surface area contributed by atoms with E-state index in [1.165, 1.54) is 103 Å². The number of nitrogens with zero attached hydrogens (tertiary/aromatic N) is 2. The lowest BCUT2D eigenvalue weighted by Gasteiger charge is -2.27. The molecule has 4 heterocycles. The van der Waals surface area contributed by atoms with Gasteiger partial charge >= 0.3 is 0 Å². The summed E-state index contributed by atoms with van der Waals surface area (Å²) in [4.78, 5) is 4.62. The quantitative estimate of drug-likeness (QED) is 0.327. The molecule has 6 heteroatoms. The SMILES string of the molecule is CCN1CCOCCCCCCCCCCCCCCCCCCCCOCCN(CC)c2ccc(cc2)C2=C(O)C(=C2O)c2ccc1cc2. The maximum Gasteiger partial charge on any atom is 0.138 e. The number of likely N-dealkylation sites (N-methyl/N-ethyl adjacent to an activating group) is 2. The van der Waals surface area contributed by atoms with Gasteiger partial charge in [-0.15, -0.1) is 0 Å². The Bertz CT molecular complexity index is 1160. The summed E-state index contributed by atoms with van der Waals surface area (Å²) in [5, 5.41) is 22.1. The van der Waals surface area contributed by atoms with Gasteiger partial charge in [0.2, 0.25) is 0 Å². The molecule has 278 valence electrons. The van der Waals surface area contributed by atoms with Crippen molar-refractivity contribution in [2.75, 3.05) is 62.4 Å². The van der Waals surface area contributed by atoms with Gasteiger partial charge in [-0.3, -0.25) is 0 Å². The van der Waals surface area contributed by atoms with Crippen LogP contribution in [-0.2, 0) is 9.47 Å². The van der Waals surface area contributed by atoms with E-state index in [2.05, 4.69) is 47.9 Å². The first-order chi connectivity index (χ1) is 24.6. The molecular formula is C44H68N2O4. The number of hydrogen-bond donors (Lipinski definition) is 2. The minimum Gasteiger partial charge on any atom is -0.506 e. The van der Waals surface area contributed by atoms with Crippen LogP contribution in [0.3, 0.4) is 0 Å². The van der Waals surface area contributed by atoms with Crippen molar-refractivity contribution in [1.29, 1.82) is 0 Å². The largest absolute Gasteiger partial charge is 0.506 e. The molecule has 2 N–H and O–H groups in total. The molecule has 4 aliphatic heterocycles. The van der Waals surface area contributed by atoms with Crippen molar-refractivity contribution in [2.24, 2.45) is 0 Å². The molecule has 7 rings (SSSR count). The molecule has 50 heavy (non-hydrogen) atoms. The highest BCUT2D eigenvalue weighted by molar-refractivity contribution is 6.06. The van der Waals surface area contributed by atoms with E-state index in [-0.39, 0.29) is 11.5 Å². The Morgan fingerprint density at radius 3 is 0.980 bits per heavy atom. The molecule has 5 aliphatic rings. The van der Waals surface area contributed by atoms with Crippen LogP contribution in [0.4, 0.5) is 11.4 Å². The second-order valence-electron chi connectivity index (χ2n) is 14.3. The molecule has 0 spiro atoms. The van der Waals surface area contributed by atoms with Crippen molar-refractivity contribution in [3.8, 4) is 0 Å². The summed E-state index contributed by atoms with van der Waals surface area (Å²) >= 11 is 0. The highest BCUT2D eigenvalue weighted by atomic mass is 16.5. The highest BCUT2D eigenvalue weighted by Crippen LogP contribution is 2.45. The van der Waals surface area contributed by atoms with Gasteiger partial charge in [0, 0.05) is 50.8 Å². The monoisotopic (exact) mass is 689 g/mol. The van der Waals surface area contributed by atoms with Crippen molar-refractivity contribution in [3.05, 3.63) is 71.2 Å². The van der Waals surface area contributed by atoms with Crippen molar-refractivity contribution in [3.63, 3.8) is 0 Å². The van der Waals surface area contributed by atoms with Gasteiger partial charge in [0.1, 0.15) is 11.5 Å². The van der Waals surface area contributed by atoms with E-state index >= 15 is 0 Å². The van der Waals surface area contributed by atoms with Gasteiger partial charge in [-0.1, -0.05) is 127 Å². The normalized spacial score (nSPS) is 20.2. The third-order valence-electron chi connectivity index (χ3n) is 10.6. The van der Waals surface area contributed by atoms with Gasteiger partial charge in [-0.25, -0.2) is 0 Å². The zero-order valence-electron chi connectivity index (χ0n) is 31.6. The molecule has 2 aromatic carbocycles. The fourth-order valence-electron chi connectivity index (χ4n) is 7.37. The maximum atomic E-state index is 11.0. The van der Waals surface area contributed by atoms with Gasteiger partial charge in [-0.2, -0.15) is 0 Å². The standard InChI is InChI=1S/C44H68N2O4/c1-3-45-31-35-49-33-21-19-17-15-13-11-9-7-5-6-8-10-12-14-16-18-20-22-34-50-36-32-46(4-2)40-29-25-38(26-30-40)42-43(47)41(44(42)48)37-23-27-39(45)28-24-37/h23-30,47-48H,3-22,31-36H2,1-2H3. The number of rotatable bonds is 2. The van der Waals surface area contributed by atoms with Gasteiger partial charge < -0.3 is 29.5 Å². The Balaban J connectivity index is 1.28. The van der Waals surface area contributed by atoms with Gasteiger partial charge in [0.15, 0.2) is 0 Å². The van der Waals surface area contributed by atoms with Crippen LogP contribution in [0.1, 0.15) is 141 Å². The lowest BCUT2D eigenvalue weighted by atomic mass is 9.84. The van der Waals surface area contributed by atoms with Gasteiger partial charge in [0.25, 0.3) is 0 Å². The first-order valence-electron chi connectivity index (χ1n) is 20.4. The molecule has 0 fully saturated rings. The van der Waals surface area contributed by atoms with Crippen molar-refractivity contribution >= 4 is 22.5 Å². The number of allylic oxidation sites excluding steroid dienone is 2. The molecule has 6 nitrogen and oxygen atoms in total. The Morgan fingerprint density at radius 1 is 0.420 bits per heavy atom. The lowest BCUT2D eigenvalue weighted by molar-refractivity contribution is 0.135. The smallest absolute Gasteiger partial charge is 0.138 e. The van der Waals surface area contributed by atoms with Crippen LogP contribution in [0.2, 0.25) is 0 Å². The minimum atomic E-state index is 0.147. The first kappa shape index (κ1) is 39.8. The third kappa shape index (κ3) is 13.0. The Morgan fingerprint density at radius 2 is 0.700 bits per heavy atom. The van der Waals surface area contributed by atoms with E-state index in [1.54, 1.807) is 0 Å². The highest BCUT2D eigenvalue weighted by Gasteiger charge is 2.31. The Kier molecular flexibility index (Phi) is 18.7. The summed E-state index contributed by atoms with van der Waals surface area (Å²) < 4.78 is 12.0. The summed E-state index contributed by atoms with van der Waals surface area (Å²) in [7, 11) is 0. The fourth-order valence-corrected chi connectivity index (χ4v) is 7.37. The number of benzene rings is 2. The molecule has 2 aromatic rings. The van der Waals surface area contributed by atoms with E-state index in [4.69, 9.17) is 9.47 Å². The molecule has 0 saturated heterocycles. The van der Waals surface area contributed by atoms with Crippen molar-refractivity contribution in [1.82, 2.24) is 0 Å².